The average molecular weight is 439 g/mol. The molecule has 0 radical (unpaired) electrons. The average Bonchev–Trinajstić information content (AvgIpc) is 2.69. The van der Waals surface area contributed by atoms with Gasteiger partial charge < -0.3 is 14.4 Å². The first-order valence-electron chi connectivity index (χ1n) is 9.78. The Hall–Kier alpha value is -2.31. The molecule has 2 aromatic carbocycles. The summed E-state index contributed by atoms with van der Waals surface area (Å²) in [6.07, 6.45) is 0.791. The fourth-order valence-corrected chi connectivity index (χ4v) is 2.88. The van der Waals surface area contributed by atoms with Crippen LogP contribution < -0.4 is 9.47 Å². The highest BCUT2D eigenvalue weighted by atomic mass is 35.5. The predicted octanol–water partition coefficient (Wildman–Crippen LogP) is 4.18. The molecule has 2 aromatic rings. The van der Waals surface area contributed by atoms with Crippen LogP contribution >= 0.6 is 12.4 Å². The minimum absolute atomic E-state index is 0. The molecular formula is C23H32ClFN2O3. The van der Waals surface area contributed by atoms with E-state index >= 15 is 0 Å². The van der Waals surface area contributed by atoms with E-state index in [9.17, 15) is 9.18 Å². The van der Waals surface area contributed by atoms with Gasteiger partial charge in [0, 0.05) is 26.7 Å². The number of halogens is 2. The number of amides is 1. The third kappa shape index (κ3) is 7.84. The van der Waals surface area contributed by atoms with Crippen LogP contribution in [0, 0.1) is 5.82 Å². The Morgan fingerprint density at radius 2 is 1.80 bits per heavy atom. The quantitative estimate of drug-likeness (QED) is 0.558. The molecule has 0 unspecified atom stereocenters. The van der Waals surface area contributed by atoms with E-state index in [4.69, 9.17) is 9.47 Å². The molecule has 0 saturated carbocycles. The number of carbonyl (C=O) groups is 1. The Labute approximate surface area is 185 Å². The molecule has 0 aliphatic carbocycles. The molecule has 5 nitrogen and oxygen atoms in total. The van der Waals surface area contributed by atoms with Gasteiger partial charge in [0.25, 0.3) is 0 Å². The highest BCUT2D eigenvalue weighted by Gasteiger charge is 2.16. The van der Waals surface area contributed by atoms with E-state index in [-0.39, 0.29) is 36.8 Å². The molecule has 0 spiro atoms. The fourth-order valence-electron chi connectivity index (χ4n) is 2.88. The van der Waals surface area contributed by atoms with Crippen LogP contribution in [0.25, 0.3) is 0 Å². The Bertz CT molecular complexity index is 815. The number of benzene rings is 2. The monoisotopic (exact) mass is 438 g/mol. The Kier molecular flexibility index (Phi) is 10.6. The molecule has 7 heteroatoms. The molecule has 0 fully saturated rings. The Balaban J connectivity index is 0.00000450. The van der Waals surface area contributed by atoms with Crippen molar-refractivity contribution in [2.45, 2.75) is 32.9 Å². The lowest BCUT2D eigenvalue weighted by Gasteiger charge is -2.27. The molecule has 0 bridgehead atoms. The van der Waals surface area contributed by atoms with Crippen LogP contribution in [-0.2, 0) is 17.8 Å². The van der Waals surface area contributed by atoms with Crippen molar-refractivity contribution < 1.29 is 18.7 Å². The van der Waals surface area contributed by atoms with Gasteiger partial charge in [-0.2, -0.15) is 0 Å². The van der Waals surface area contributed by atoms with Gasteiger partial charge >= 0.3 is 0 Å². The van der Waals surface area contributed by atoms with E-state index in [1.54, 1.807) is 32.2 Å². The van der Waals surface area contributed by atoms with Crippen molar-refractivity contribution in [3.63, 3.8) is 0 Å². The Morgan fingerprint density at radius 1 is 1.07 bits per heavy atom. The second-order valence-electron chi connectivity index (χ2n) is 7.51. The number of ether oxygens (including phenoxy) is 2. The SMILES string of the molecule is COc1cc(CCN(CC(=O)N(C)C)C(C)C)ccc1OCc1cccc(F)c1.Cl. The molecule has 0 saturated heterocycles. The number of nitrogens with zero attached hydrogens (tertiary/aromatic N) is 2. The first kappa shape index (κ1) is 25.7. The summed E-state index contributed by atoms with van der Waals surface area (Å²) in [6, 6.07) is 12.4. The summed E-state index contributed by atoms with van der Waals surface area (Å²) < 4.78 is 24.6. The summed E-state index contributed by atoms with van der Waals surface area (Å²) in [4.78, 5) is 15.8. The molecule has 0 aliphatic rings. The van der Waals surface area contributed by atoms with Crippen LogP contribution in [0.4, 0.5) is 4.39 Å². The number of rotatable bonds is 10. The van der Waals surface area contributed by atoms with Gasteiger partial charge in [-0.05, 0) is 55.7 Å². The van der Waals surface area contributed by atoms with Gasteiger partial charge in [-0.3, -0.25) is 9.69 Å². The zero-order valence-corrected chi connectivity index (χ0v) is 19.2. The number of methoxy groups -OCH3 is 1. The van der Waals surface area contributed by atoms with E-state index < -0.39 is 0 Å². The number of carbonyl (C=O) groups excluding carboxylic acids is 1. The van der Waals surface area contributed by atoms with Gasteiger partial charge in [0.1, 0.15) is 12.4 Å². The molecule has 0 atom stereocenters. The molecule has 30 heavy (non-hydrogen) atoms. The van der Waals surface area contributed by atoms with Gasteiger partial charge in [0.05, 0.1) is 13.7 Å². The number of hydrogen-bond acceptors (Lipinski definition) is 4. The van der Waals surface area contributed by atoms with E-state index in [0.717, 1.165) is 24.1 Å². The minimum atomic E-state index is -0.282. The maximum Gasteiger partial charge on any atom is 0.236 e. The van der Waals surface area contributed by atoms with E-state index in [1.165, 1.54) is 12.1 Å². The zero-order chi connectivity index (χ0) is 21.4. The van der Waals surface area contributed by atoms with Crippen molar-refractivity contribution >= 4 is 18.3 Å². The van der Waals surface area contributed by atoms with Crippen LogP contribution in [0.1, 0.15) is 25.0 Å². The summed E-state index contributed by atoms with van der Waals surface area (Å²) in [7, 11) is 5.15. The smallest absolute Gasteiger partial charge is 0.236 e. The normalized spacial score (nSPS) is 10.7. The summed E-state index contributed by atoms with van der Waals surface area (Å²) in [5, 5.41) is 0. The maximum atomic E-state index is 13.3. The lowest BCUT2D eigenvalue weighted by Crippen LogP contribution is -2.41. The van der Waals surface area contributed by atoms with Gasteiger partial charge in [0.15, 0.2) is 11.5 Å². The summed E-state index contributed by atoms with van der Waals surface area (Å²) in [5.74, 6) is 1.07. The molecule has 2 rings (SSSR count). The molecule has 0 N–H and O–H groups in total. The van der Waals surface area contributed by atoms with E-state index in [1.807, 2.05) is 24.3 Å². The lowest BCUT2D eigenvalue weighted by atomic mass is 10.1. The highest BCUT2D eigenvalue weighted by molar-refractivity contribution is 5.85. The van der Waals surface area contributed by atoms with Crippen molar-refractivity contribution in [3.05, 3.63) is 59.4 Å². The largest absolute Gasteiger partial charge is 0.493 e. The highest BCUT2D eigenvalue weighted by Crippen LogP contribution is 2.29. The van der Waals surface area contributed by atoms with E-state index in [2.05, 4.69) is 18.7 Å². The second kappa shape index (κ2) is 12.4. The predicted molar refractivity (Wildman–Crippen MR) is 120 cm³/mol. The standard InChI is InChI=1S/C23H31FN2O3.ClH/c1-17(2)26(15-23(27)25(3)4)12-11-18-9-10-21(22(14-18)28-5)29-16-19-7-6-8-20(24)13-19;/h6-10,13-14,17H,11-12,15-16H2,1-5H3;1H. The maximum absolute atomic E-state index is 13.3. The summed E-state index contributed by atoms with van der Waals surface area (Å²) in [5.41, 5.74) is 1.86. The van der Waals surface area contributed by atoms with Gasteiger partial charge in [-0.1, -0.05) is 18.2 Å². The lowest BCUT2D eigenvalue weighted by molar-refractivity contribution is -0.130. The summed E-state index contributed by atoms with van der Waals surface area (Å²) >= 11 is 0. The third-order valence-electron chi connectivity index (χ3n) is 4.77. The van der Waals surface area contributed by atoms with Crippen LogP contribution in [0.3, 0.4) is 0 Å². The van der Waals surface area contributed by atoms with Crippen molar-refractivity contribution in [1.82, 2.24) is 9.80 Å². The fraction of sp³-hybridized carbons (Fsp3) is 0.435. The molecule has 0 aromatic heterocycles. The van der Waals surface area contributed by atoms with Crippen LogP contribution in [0.2, 0.25) is 0 Å². The Morgan fingerprint density at radius 3 is 2.40 bits per heavy atom. The van der Waals surface area contributed by atoms with Crippen molar-refractivity contribution in [2.75, 3.05) is 34.3 Å². The molecule has 1 amide bonds. The molecule has 0 aliphatic heterocycles. The first-order valence-corrected chi connectivity index (χ1v) is 9.78. The second-order valence-corrected chi connectivity index (χ2v) is 7.51. The van der Waals surface area contributed by atoms with Gasteiger partial charge in [-0.25, -0.2) is 4.39 Å². The molecular weight excluding hydrogens is 407 g/mol. The van der Waals surface area contributed by atoms with Crippen LogP contribution in [0.15, 0.2) is 42.5 Å². The van der Waals surface area contributed by atoms with Crippen LogP contribution in [-0.4, -0.2) is 56.0 Å². The van der Waals surface area contributed by atoms with Crippen LogP contribution in [0.5, 0.6) is 11.5 Å². The number of likely N-dealkylation sites (N-methyl/N-ethyl adjacent to an activating group) is 1. The molecule has 166 valence electrons. The summed E-state index contributed by atoms with van der Waals surface area (Å²) in [6.45, 7) is 5.61. The molecule has 0 heterocycles. The topological polar surface area (TPSA) is 42.0 Å². The van der Waals surface area contributed by atoms with E-state index in [0.29, 0.717) is 18.0 Å². The first-order chi connectivity index (χ1) is 13.8. The minimum Gasteiger partial charge on any atom is -0.493 e. The zero-order valence-electron chi connectivity index (χ0n) is 18.4. The number of hydrogen-bond donors (Lipinski definition) is 0. The third-order valence-corrected chi connectivity index (χ3v) is 4.77. The van der Waals surface area contributed by atoms with Crippen molar-refractivity contribution in [2.24, 2.45) is 0 Å². The van der Waals surface area contributed by atoms with Crippen molar-refractivity contribution in [3.8, 4) is 11.5 Å². The van der Waals surface area contributed by atoms with Gasteiger partial charge in [-0.15, -0.1) is 12.4 Å². The van der Waals surface area contributed by atoms with Gasteiger partial charge in [0.2, 0.25) is 5.91 Å². The van der Waals surface area contributed by atoms with Crippen molar-refractivity contribution in [1.29, 1.82) is 0 Å².